The number of hydrogen-bond acceptors (Lipinski definition) is 2. The van der Waals surface area contributed by atoms with E-state index in [1.807, 2.05) is 0 Å². The second-order valence-electron chi connectivity index (χ2n) is 5.78. The normalized spacial score (nSPS) is 12.3. The zero-order chi connectivity index (χ0) is 15.1. The van der Waals surface area contributed by atoms with E-state index in [-0.39, 0.29) is 6.61 Å². The van der Waals surface area contributed by atoms with Crippen LogP contribution in [0.3, 0.4) is 0 Å². The van der Waals surface area contributed by atoms with Gasteiger partial charge in [0.1, 0.15) is 12.4 Å². The third-order valence-corrected chi connectivity index (χ3v) is 4.56. The fourth-order valence-electron chi connectivity index (χ4n) is 3.49. The summed E-state index contributed by atoms with van der Waals surface area (Å²) in [6, 6.07) is 17.0. The highest BCUT2D eigenvalue weighted by Gasteiger charge is 2.23. The van der Waals surface area contributed by atoms with Crippen LogP contribution in [-0.4, -0.2) is 18.3 Å². The van der Waals surface area contributed by atoms with Crippen molar-refractivity contribution in [3.05, 3.63) is 65.2 Å². The van der Waals surface area contributed by atoms with Gasteiger partial charge in [-0.2, -0.15) is 0 Å². The Hall–Kier alpha value is -2.32. The molecule has 110 valence electrons. The van der Waals surface area contributed by atoms with E-state index >= 15 is 0 Å². The molecular weight excluding hydrogens is 272 g/mol. The number of benzene rings is 1. The Kier molecular flexibility index (Phi) is 3.12. The van der Waals surface area contributed by atoms with E-state index in [1.165, 1.54) is 33.4 Å². The Balaban J connectivity index is 2.00. The number of aliphatic hydroxyl groups is 1. The molecule has 0 bridgehead atoms. The smallest absolute Gasteiger partial charge is 0.127 e. The summed E-state index contributed by atoms with van der Waals surface area (Å²) in [6.07, 6.45) is 0.978. The largest absolute Gasteiger partial charge is 0.491 e. The molecule has 22 heavy (non-hydrogen) atoms. The van der Waals surface area contributed by atoms with Gasteiger partial charge < -0.3 is 9.84 Å². The lowest BCUT2D eigenvalue weighted by Gasteiger charge is -2.08. The monoisotopic (exact) mass is 290 g/mol. The zero-order valence-corrected chi connectivity index (χ0v) is 12.6. The van der Waals surface area contributed by atoms with Gasteiger partial charge in [-0.05, 0) is 52.8 Å². The molecule has 0 saturated heterocycles. The van der Waals surface area contributed by atoms with Crippen LogP contribution in [0.25, 0.3) is 22.3 Å². The van der Waals surface area contributed by atoms with Gasteiger partial charge >= 0.3 is 0 Å². The second kappa shape index (κ2) is 5.15. The minimum Gasteiger partial charge on any atom is -0.491 e. The fraction of sp³-hybridized carbons (Fsp3) is 0.200. The van der Waals surface area contributed by atoms with Crippen molar-refractivity contribution in [1.29, 1.82) is 0 Å². The topological polar surface area (TPSA) is 29.5 Å². The van der Waals surface area contributed by atoms with E-state index in [4.69, 9.17) is 9.84 Å². The van der Waals surface area contributed by atoms with E-state index < -0.39 is 0 Å². The van der Waals surface area contributed by atoms with Gasteiger partial charge in [-0.25, -0.2) is 0 Å². The fourth-order valence-corrected chi connectivity index (χ4v) is 3.49. The summed E-state index contributed by atoms with van der Waals surface area (Å²) in [5.41, 5.74) is 9.00. The summed E-state index contributed by atoms with van der Waals surface area (Å²) in [6.45, 7) is 2.54. The van der Waals surface area contributed by atoms with Crippen molar-refractivity contribution in [3.8, 4) is 28.0 Å². The molecule has 0 aromatic heterocycles. The molecule has 0 unspecified atom stereocenters. The summed E-state index contributed by atoms with van der Waals surface area (Å²) in [7, 11) is 0. The molecule has 0 radical (unpaired) electrons. The molecule has 1 aromatic rings. The van der Waals surface area contributed by atoms with Crippen LogP contribution in [0, 0.1) is 6.92 Å². The third kappa shape index (κ3) is 1.92. The van der Waals surface area contributed by atoms with Crippen molar-refractivity contribution in [2.75, 3.05) is 13.2 Å². The average Bonchev–Trinajstić information content (AvgIpc) is 3.13. The molecular formula is C20H18O2. The number of aliphatic hydroxyl groups excluding tert-OH is 1. The minimum absolute atomic E-state index is 0.0264. The van der Waals surface area contributed by atoms with Crippen molar-refractivity contribution >= 4 is 0 Å². The van der Waals surface area contributed by atoms with Crippen molar-refractivity contribution in [1.82, 2.24) is 0 Å². The van der Waals surface area contributed by atoms with Crippen molar-refractivity contribution in [2.24, 2.45) is 0 Å². The highest BCUT2D eigenvalue weighted by atomic mass is 16.5. The molecule has 0 heterocycles. The van der Waals surface area contributed by atoms with Gasteiger partial charge in [0.25, 0.3) is 0 Å². The predicted molar refractivity (Wildman–Crippen MR) is 88.6 cm³/mol. The van der Waals surface area contributed by atoms with Gasteiger partial charge in [-0.3, -0.25) is 0 Å². The lowest BCUT2D eigenvalue weighted by Crippen LogP contribution is -2.01. The third-order valence-electron chi connectivity index (χ3n) is 4.56. The maximum absolute atomic E-state index is 9.09. The summed E-state index contributed by atoms with van der Waals surface area (Å²) in [5, 5.41) is 9.09. The average molecular weight is 290 g/mol. The van der Waals surface area contributed by atoms with Gasteiger partial charge in [0.2, 0.25) is 0 Å². The quantitative estimate of drug-likeness (QED) is 0.617. The first-order valence-corrected chi connectivity index (χ1v) is 7.66. The van der Waals surface area contributed by atoms with Crippen LogP contribution < -0.4 is 4.74 Å². The molecule has 1 aromatic carbocycles. The summed E-state index contributed by atoms with van der Waals surface area (Å²) < 4.78 is 5.83. The highest BCUT2D eigenvalue weighted by Crippen LogP contribution is 2.45. The SMILES string of the molecule is Cc1c2cccc-2c(OCCO)cc2c1Cc1ccccc1-2. The van der Waals surface area contributed by atoms with Gasteiger partial charge in [0.05, 0.1) is 6.61 Å². The van der Waals surface area contributed by atoms with Crippen LogP contribution in [0.2, 0.25) is 0 Å². The number of ether oxygens (including phenoxy) is 1. The van der Waals surface area contributed by atoms with E-state index in [1.54, 1.807) is 0 Å². The molecule has 4 rings (SSSR count). The predicted octanol–water partition coefficient (Wildman–Crippen LogP) is 4.04. The Morgan fingerprint density at radius 2 is 1.73 bits per heavy atom. The molecule has 3 aliphatic rings. The summed E-state index contributed by atoms with van der Waals surface area (Å²) in [4.78, 5) is 0. The summed E-state index contributed by atoms with van der Waals surface area (Å²) >= 11 is 0. The van der Waals surface area contributed by atoms with Crippen LogP contribution >= 0.6 is 0 Å². The Morgan fingerprint density at radius 1 is 0.955 bits per heavy atom. The zero-order valence-electron chi connectivity index (χ0n) is 12.6. The molecule has 3 aliphatic carbocycles. The first-order chi connectivity index (χ1) is 10.8. The van der Waals surface area contributed by atoms with E-state index in [0.717, 1.165) is 17.7 Å². The molecule has 0 fully saturated rings. The Morgan fingerprint density at radius 3 is 2.59 bits per heavy atom. The molecule has 2 nitrogen and oxygen atoms in total. The molecule has 0 saturated carbocycles. The maximum atomic E-state index is 9.09. The van der Waals surface area contributed by atoms with E-state index in [0.29, 0.717) is 6.61 Å². The molecule has 0 aliphatic heterocycles. The van der Waals surface area contributed by atoms with Crippen molar-refractivity contribution < 1.29 is 9.84 Å². The standard InChI is InChI=1S/C20H18O2/c1-13-15-7-4-8-17(15)20(22-10-9-21)12-19-16-6-3-2-5-14(16)11-18(13)19/h2-8,12,21H,9-11H2,1H3. The van der Waals surface area contributed by atoms with Crippen LogP contribution in [0.1, 0.15) is 16.7 Å². The second-order valence-corrected chi connectivity index (χ2v) is 5.78. The van der Waals surface area contributed by atoms with Gasteiger partial charge in [-0.15, -0.1) is 0 Å². The number of hydrogen-bond donors (Lipinski definition) is 1. The van der Waals surface area contributed by atoms with Gasteiger partial charge in [0.15, 0.2) is 0 Å². The molecule has 0 atom stereocenters. The molecule has 0 spiro atoms. The highest BCUT2D eigenvalue weighted by molar-refractivity contribution is 5.86. The maximum Gasteiger partial charge on any atom is 0.127 e. The number of rotatable bonds is 3. The van der Waals surface area contributed by atoms with Crippen molar-refractivity contribution in [3.63, 3.8) is 0 Å². The number of fused-ring (bicyclic) bond motifs is 4. The Labute approximate surface area is 130 Å². The molecule has 1 N–H and O–H groups in total. The van der Waals surface area contributed by atoms with Gasteiger partial charge in [0, 0.05) is 5.56 Å². The van der Waals surface area contributed by atoms with E-state index in [2.05, 4.69) is 55.5 Å². The Bertz CT molecular complexity index is 820. The van der Waals surface area contributed by atoms with Crippen LogP contribution in [0.5, 0.6) is 5.75 Å². The molecule has 0 amide bonds. The van der Waals surface area contributed by atoms with Crippen LogP contribution in [0.4, 0.5) is 0 Å². The van der Waals surface area contributed by atoms with Crippen molar-refractivity contribution in [2.45, 2.75) is 13.3 Å². The molecule has 2 heteroatoms. The van der Waals surface area contributed by atoms with Crippen LogP contribution in [-0.2, 0) is 6.42 Å². The summed E-state index contributed by atoms with van der Waals surface area (Å²) in [5.74, 6) is 0.857. The lowest BCUT2D eigenvalue weighted by molar-refractivity contribution is 0.202. The minimum atomic E-state index is 0.0264. The van der Waals surface area contributed by atoms with Gasteiger partial charge in [-0.1, -0.05) is 42.5 Å². The first-order valence-electron chi connectivity index (χ1n) is 7.66. The van der Waals surface area contributed by atoms with E-state index in [9.17, 15) is 0 Å². The van der Waals surface area contributed by atoms with Crippen LogP contribution in [0.15, 0.2) is 48.5 Å². The lowest BCUT2D eigenvalue weighted by atomic mass is 10.0. The first kappa shape index (κ1) is 13.4.